The molecule has 3 heterocycles. The van der Waals surface area contributed by atoms with E-state index in [9.17, 15) is 0 Å². The average Bonchev–Trinajstić information content (AvgIpc) is 2.63. The molecule has 5 nitrogen and oxygen atoms in total. The van der Waals surface area contributed by atoms with Gasteiger partial charge in [0.1, 0.15) is 0 Å². The molecular formula is C19H18ClN5. The number of nitrogen functional groups attached to an aromatic ring is 1. The lowest BCUT2D eigenvalue weighted by molar-refractivity contribution is 0.243. The average molecular weight is 352 g/mol. The largest absolute Gasteiger partial charge is 0.368 e. The standard InChI is InChI=1S/C19H18ClN5/c20-16-4-2-1-3-15(16)18-6-5-13(9-22-18)11-25-8-7-17-14(12-25)10-23-19(21)24-17/h1-6,9-10H,7-8,11-12H2,(H2,21,23,24). The Hall–Kier alpha value is -2.50. The Morgan fingerprint density at radius 2 is 1.96 bits per heavy atom. The Morgan fingerprint density at radius 3 is 2.76 bits per heavy atom. The van der Waals surface area contributed by atoms with Gasteiger partial charge in [-0.3, -0.25) is 9.88 Å². The molecule has 2 aromatic heterocycles. The normalized spacial score (nSPS) is 14.3. The van der Waals surface area contributed by atoms with Gasteiger partial charge in [-0.05, 0) is 17.7 Å². The van der Waals surface area contributed by atoms with Crippen molar-refractivity contribution in [2.24, 2.45) is 0 Å². The molecule has 0 fully saturated rings. The molecule has 0 saturated carbocycles. The number of nitrogens with two attached hydrogens (primary N) is 1. The summed E-state index contributed by atoms with van der Waals surface area (Å²) in [4.78, 5) is 15.4. The molecule has 0 amide bonds. The van der Waals surface area contributed by atoms with Crippen molar-refractivity contribution < 1.29 is 0 Å². The number of benzene rings is 1. The van der Waals surface area contributed by atoms with Gasteiger partial charge < -0.3 is 5.73 Å². The van der Waals surface area contributed by atoms with Crippen LogP contribution in [0, 0.1) is 0 Å². The minimum Gasteiger partial charge on any atom is -0.368 e. The van der Waals surface area contributed by atoms with Crippen molar-refractivity contribution in [3.8, 4) is 11.3 Å². The zero-order valence-corrected chi connectivity index (χ0v) is 14.4. The van der Waals surface area contributed by atoms with Gasteiger partial charge >= 0.3 is 0 Å². The third-order valence-electron chi connectivity index (χ3n) is 4.41. The van der Waals surface area contributed by atoms with Gasteiger partial charge in [-0.15, -0.1) is 0 Å². The van der Waals surface area contributed by atoms with Crippen LogP contribution in [-0.2, 0) is 19.5 Å². The number of nitrogens with zero attached hydrogens (tertiary/aromatic N) is 4. The van der Waals surface area contributed by atoms with E-state index in [1.165, 1.54) is 5.56 Å². The lowest BCUT2D eigenvalue weighted by atomic mass is 10.1. The molecule has 0 radical (unpaired) electrons. The second kappa shape index (κ2) is 6.78. The summed E-state index contributed by atoms with van der Waals surface area (Å²) < 4.78 is 0. The number of fused-ring (bicyclic) bond motifs is 1. The highest BCUT2D eigenvalue weighted by Gasteiger charge is 2.18. The van der Waals surface area contributed by atoms with Gasteiger partial charge in [0.15, 0.2) is 0 Å². The number of aromatic nitrogens is 3. The summed E-state index contributed by atoms with van der Waals surface area (Å²) in [6.45, 7) is 2.64. The van der Waals surface area contributed by atoms with Crippen LogP contribution in [0.2, 0.25) is 5.02 Å². The Kier molecular flexibility index (Phi) is 4.34. The van der Waals surface area contributed by atoms with Crippen molar-refractivity contribution in [1.82, 2.24) is 19.9 Å². The van der Waals surface area contributed by atoms with Gasteiger partial charge in [-0.2, -0.15) is 0 Å². The summed E-state index contributed by atoms with van der Waals surface area (Å²) in [6, 6.07) is 11.9. The summed E-state index contributed by atoms with van der Waals surface area (Å²) in [5.41, 5.74) is 10.9. The van der Waals surface area contributed by atoms with Crippen LogP contribution < -0.4 is 5.73 Å². The van der Waals surface area contributed by atoms with Crippen molar-refractivity contribution >= 4 is 17.5 Å². The molecule has 25 heavy (non-hydrogen) atoms. The number of pyridine rings is 1. The van der Waals surface area contributed by atoms with Crippen molar-refractivity contribution in [2.45, 2.75) is 19.5 Å². The first-order valence-electron chi connectivity index (χ1n) is 8.21. The highest BCUT2D eigenvalue weighted by Crippen LogP contribution is 2.26. The molecular weight excluding hydrogens is 334 g/mol. The summed E-state index contributed by atoms with van der Waals surface area (Å²) in [5.74, 6) is 0.353. The summed E-state index contributed by atoms with van der Waals surface area (Å²) >= 11 is 6.24. The van der Waals surface area contributed by atoms with E-state index in [0.717, 1.165) is 53.6 Å². The third kappa shape index (κ3) is 3.48. The topological polar surface area (TPSA) is 67.9 Å². The summed E-state index contributed by atoms with van der Waals surface area (Å²) in [7, 11) is 0. The number of halogens is 1. The molecule has 126 valence electrons. The van der Waals surface area contributed by atoms with Crippen molar-refractivity contribution in [3.05, 3.63) is 70.6 Å². The van der Waals surface area contributed by atoms with Crippen LogP contribution in [0.3, 0.4) is 0 Å². The lowest BCUT2D eigenvalue weighted by Gasteiger charge is -2.27. The lowest BCUT2D eigenvalue weighted by Crippen LogP contribution is -2.31. The van der Waals surface area contributed by atoms with Crippen LogP contribution in [0.25, 0.3) is 11.3 Å². The minimum atomic E-state index is 0.353. The first-order valence-corrected chi connectivity index (χ1v) is 8.59. The molecule has 3 aromatic rings. The van der Waals surface area contributed by atoms with E-state index in [0.29, 0.717) is 5.95 Å². The van der Waals surface area contributed by atoms with E-state index >= 15 is 0 Å². The van der Waals surface area contributed by atoms with Gasteiger partial charge in [0.25, 0.3) is 0 Å². The third-order valence-corrected chi connectivity index (χ3v) is 4.74. The van der Waals surface area contributed by atoms with E-state index in [2.05, 4.69) is 25.9 Å². The molecule has 6 heteroatoms. The van der Waals surface area contributed by atoms with E-state index in [-0.39, 0.29) is 0 Å². The van der Waals surface area contributed by atoms with Crippen LogP contribution >= 0.6 is 11.6 Å². The Bertz CT molecular complexity index is 895. The van der Waals surface area contributed by atoms with Gasteiger partial charge in [-0.25, -0.2) is 9.97 Å². The number of hydrogen-bond acceptors (Lipinski definition) is 5. The maximum atomic E-state index is 6.24. The van der Waals surface area contributed by atoms with Crippen LogP contribution in [0.15, 0.2) is 48.8 Å². The minimum absolute atomic E-state index is 0.353. The second-order valence-electron chi connectivity index (χ2n) is 6.19. The molecule has 1 aliphatic rings. The Balaban J connectivity index is 1.47. The molecule has 2 N–H and O–H groups in total. The number of anilines is 1. The van der Waals surface area contributed by atoms with Crippen molar-refractivity contribution in [2.75, 3.05) is 12.3 Å². The highest BCUT2D eigenvalue weighted by molar-refractivity contribution is 6.33. The van der Waals surface area contributed by atoms with Crippen molar-refractivity contribution in [3.63, 3.8) is 0 Å². The molecule has 0 atom stereocenters. The fourth-order valence-electron chi connectivity index (χ4n) is 3.13. The zero-order chi connectivity index (χ0) is 17.2. The van der Waals surface area contributed by atoms with E-state index in [1.807, 2.05) is 42.7 Å². The Labute approximate surface area is 151 Å². The monoisotopic (exact) mass is 351 g/mol. The summed E-state index contributed by atoms with van der Waals surface area (Å²) in [6.07, 6.45) is 4.66. The molecule has 0 bridgehead atoms. The molecule has 0 spiro atoms. The van der Waals surface area contributed by atoms with Gasteiger partial charge in [0.05, 0.1) is 11.4 Å². The Morgan fingerprint density at radius 1 is 1.08 bits per heavy atom. The molecule has 0 saturated heterocycles. The van der Waals surface area contributed by atoms with Gasteiger partial charge in [0.2, 0.25) is 5.95 Å². The zero-order valence-electron chi connectivity index (χ0n) is 13.7. The smallest absolute Gasteiger partial charge is 0.220 e. The molecule has 0 unspecified atom stereocenters. The molecule has 4 rings (SSSR count). The maximum Gasteiger partial charge on any atom is 0.220 e. The maximum absolute atomic E-state index is 6.24. The number of rotatable bonds is 3. The van der Waals surface area contributed by atoms with Crippen LogP contribution in [0.1, 0.15) is 16.8 Å². The SMILES string of the molecule is Nc1ncc2c(n1)CCN(Cc1ccc(-c3ccccc3Cl)nc1)C2. The molecule has 0 aliphatic carbocycles. The van der Waals surface area contributed by atoms with Crippen molar-refractivity contribution in [1.29, 1.82) is 0 Å². The highest BCUT2D eigenvalue weighted by atomic mass is 35.5. The quantitative estimate of drug-likeness (QED) is 0.783. The molecule has 1 aromatic carbocycles. The van der Waals surface area contributed by atoms with Crippen LogP contribution in [-0.4, -0.2) is 26.4 Å². The van der Waals surface area contributed by atoms with E-state index in [1.54, 1.807) is 0 Å². The van der Waals surface area contributed by atoms with Gasteiger partial charge in [0, 0.05) is 54.6 Å². The molecule has 1 aliphatic heterocycles. The van der Waals surface area contributed by atoms with Crippen LogP contribution in [0.4, 0.5) is 5.95 Å². The van der Waals surface area contributed by atoms with Gasteiger partial charge in [-0.1, -0.05) is 35.9 Å². The van der Waals surface area contributed by atoms with E-state index < -0.39 is 0 Å². The second-order valence-corrected chi connectivity index (χ2v) is 6.60. The first kappa shape index (κ1) is 16.0. The predicted octanol–water partition coefficient (Wildman–Crippen LogP) is 3.33. The number of hydrogen-bond donors (Lipinski definition) is 1. The first-order chi connectivity index (χ1) is 12.2. The summed E-state index contributed by atoms with van der Waals surface area (Å²) in [5, 5.41) is 0.717. The predicted molar refractivity (Wildman–Crippen MR) is 98.9 cm³/mol. The van der Waals surface area contributed by atoms with Crippen LogP contribution in [0.5, 0.6) is 0 Å². The fourth-order valence-corrected chi connectivity index (χ4v) is 3.36. The van der Waals surface area contributed by atoms with E-state index in [4.69, 9.17) is 17.3 Å². The fraction of sp³-hybridized carbons (Fsp3) is 0.211.